The number of methoxy groups -OCH3 is 1. The molecule has 2 heterocycles. The highest BCUT2D eigenvalue weighted by Gasteiger charge is 2.31. The number of hydrogen-bond acceptors (Lipinski definition) is 7. The molecule has 0 spiro atoms. The minimum Gasteiger partial charge on any atom is -0.495 e. The lowest BCUT2D eigenvalue weighted by atomic mass is 10.2. The van der Waals surface area contributed by atoms with Gasteiger partial charge in [0.1, 0.15) is 10.6 Å². The van der Waals surface area contributed by atoms with Crippen molar-refractivity contribution in [3.8, 4) is 5.75 Å². The predicted molar refractivity (Wildman–Crippen MR) is 98.7 cm³/mol. The van der Waals surface area contributed by atoms with E-state index in [9.17, 15) is 18.0 Å². The number of sulfonamides is 1. The van der Waals surface area contributed by atoms with E-state index in [0.29, 0.717) is 39.4 Å². The monoisotopic (exact) mass is 412 g/mol. The zero-order valence-corrected chi connectivity index (χ0v) is 16.6. The van der Waals surface area contributed by atoms with Gasteiger partial charge in [0.05, 0.1) is 25.9 Å². The summed E-state index contributed by atoms with van der Waals surface area (Å²) in [5.41, 5.74) is 0.0494. The first kappa shape index (κ1) is 20.6. The van der Waals surface area contributed by atoms with Crippen LogP contribution < -0.4 is 4.74 Å². The number of hydrogen-bond donors (Lipinski definition) is 0. The normalized spacial score (nSPS) is 18.1. The van der Waals surface area contributed by atoms with Gasteiger partial charge in [-0.05, 0) is 31.0 Å². The average molecular weight is 412 g/mol. The lowest BCUT2D eigenvalue weighted by Crippen LogP contribution is -2.42. The Morgan fingerprint density at radius 3 is 2.43 bits per heavy atom. The largest absolute Gasteiger partial charge is 0.495 e. The molecule has 0 bridgehead atoms. The highest BCUT2D eigenvalue weighted by Crippen LogP contribution is 2.30. The van der Waals surface area contributed by atoms with Crippen LogP contribution in [0.15, 0.2) is 23.1 Å². The predicted octanol–water partition coefficient (Wildman–Crippen LogP) is 0.495. The average Bonchev–Trinajstić information content (AvgIpc) is 3.27. The summed E-state index contributed by atoms with van der Waals surface area (Å²) in [4.78, 5) is 26.0. The van der Waals surface area contributed by atoms with E-state index < -0.39 is 22.6 Å². The highest BCUT2D eigenvalue weighted by molar-refractivity contribution is 7.89. The minimum atomic E-state index is -3.77. The maximum absolute atomic E-state index is 12.9. The SMILES string of the molecule is COc1ccc(C(=O)OCC(=O)N2CCOCC2)cc1S(=O)(=O)N1CCCC1. The molecule has 2 fully saturated rings. The van der Waals surface area contributed by atoms with Crippen molar-refractivity contribution in [1.82, 2.24) is 9.21 Å². The van der Waals surface area contributed by atoms with Crippen LogP contribution in [0.5, 0.6) is 5.75 Å². The van der Waals surface area contributed by atoms with Crippen LogP contribution in [-0.2, 0) is 24.3 Å². The molecular weight excluding hydrogens is 388 g/mol. The highest BCUT2D eigenvalue weighted by atomic mass is 32.2. The van der Waals surface area contributed by atoms with Gasteiger partial charge in [0.25, 0.3) is 5.91 Å². The molecule has 10 heteroatoms. The molecule has 2 aliphatic heterocycles. The third-order valence-corrected chi connectivity index (χ3v) is 6.69. The number of ether oxygens (including phenoxy) is 3. The second-order valence-electron chi connectivity index (χ2n) is 6.55. The number of carbonyl (C=O) groups is 2. The fourth-order valence-corrected chi connectivity index (χ4v) is 4.89. The van der Waals surface area contributed by atoms with Crippen molar-refractivity contribution < 1.29 is 32.2 Å². The molecule has 0 aromatic heterocycles. The van der Waals surface area contributed by atoms with E-state index in [1.165, 1.54) is 29.6 Å². The molecule has 0 saturated carbocycles. The first-order chi connectivity index (χ1) is 13.4. The summed E-state index contributed by atoms with van der Waals surface area (Å²) in [6.45, 7) is 2.29. The molecule has 9 nitrogen and oxygen atoms in total. The standard InChI is InChI=1S/C18H24N2O7S/c1-25-15-5-4-14(12-16(15)28(23,24)20-6-2-3-7-20)18(22)27-13-17(21)19-8-10-26-11-9-19/h4-5,12H,2-3,6-11,13H2,1H3. The molecular formula is C18H24N2O7S. The number of esters is 1. The van der Waals surface area contributed by atoms with Gasteiger partial charge in [0.15, 0.2) is 6.61 Å². The summed E-state index contributed by atoms with van der Waals surface area (Å²) >= 11 is 0. The summed E-state index contributed by atoms with van der Waals surface area (Å²) in [5, 5.41) is 0. The van der Waals surface area contributed by atoms with Gasteiger partial charge in [-0.15, -0.1) is 0 Å². The number of benzene rings is 1. The molecule has 3 rings (SSSR count). The zero-order valence-electron chi connectivity index (χ0n) is 15.8. The van der Waals surface area contributed by atoms with Crippen molar-refractivity contribution in [3.05, 3.63) is 23.8 Å². The van der Waals surface area contributed by atoms with E-state index in [2.05, 4.69) is 0 Å². The third kappa shape index (κ3) is 4.45. The van der Waals surface area contributed by atoms with Crippen LogP contribution in [0.3, 0.4) is 0 Å². The Kier molecular flexibility index (Phi) is 6.53. The molecule has 2 saturated heterocycles. The Labute approximate surface area is 164 Å². The van der Waals surface area contributed by atoms with E-state index in [-0.39, 0.29) is 22.1 Å². The van der Waals surface area contributed by atoms with Gasteiger partial charge >= 0.3 is 5.97 Å². The van der Waals surface area contributed by atoms with Crippen molar-refractivity contribution in [2.45, 2.75) is 17.7 Å². The Hall–Kier alpha value is -2.17. The van der Waals surface area contributed by atoms with Crippen LogP contribution in [0.1, 0.15) is 23.2 Å². The quantitative estimate of drug-likeness (QED) is 0.627. The number of carbonyl (C=O) groups excluding carboxylic acids is 2. The fourth-order valence-electron chi connectivity index (χ4n) is 3.19. The maximum atomic E-state index is 12.9. The Balaban J connectivity index is 1.73. The molecule has 0 radical (unpaired) electrons. The summed E-state index contributed by atoms with van der Waals surface area (Å²) < 4.78 is 42.6. The van der Waals surface area contributed by atoms with Crippen molar-refractivity contribution in [2.75, 3.05) is 53.1 Å². The van der Waals surface area contributed by atoms with Gasteiger partial charge in [0.2, 0.25) is 10.0 Å². The van der Waals surface area contributed by atoms with Gasteiger partial charge in [-0.3, -0.25) is 4.79 Å². The number of nitrogens with zero attached hydrogens (tertiary/aromatic N) is 2. The van der Waals surface area contributed by atoms with Gasteiger partial charge in [-0.25, -0.2) is 13.2 Å². The number of rotatable bonds is 6. The molecule has 0 atom stereocenters. The first-order valence-corrected chi connectivity index (χ1v) is 10.6. The van der Waals surface area contributed by atoms with Crippen LogP contribution in [0.2, 0.25) is 0 Å². The zero-order chi connectivity index (χ0) is 20.1. The molecule has 1 amide bonds. The second kappa shape index (κ2) is 8.89. The van der Waals surface area contributed by atoms with Gasteiger partial charge in [-0.2, -0.15) is 4.31 Å². The number of amides is 1. The lowest BCUT2D eigenvalue weighted by Gasteiger charge is -2.26. The summed E-state index contributed by atoms with van der Waals surface area (Å²) in [7, 11) is -2.40. The first-order valence-electron chi connectivity index (χ1n) is 9.14. The van der Waals surface area contributed by atoms with E-state index >= 15 is 0 Å². The van der Waals surface area contributed by atoms with Crippen LogP contribution in [0, 0.1) is 0 Å². The molecule has 28 heavy (non-hydrogen) atoms. The molecule has 1 aromatic rings. The van der Waals surface area contributed by atoms with Crippen LogP contribution >= 0.6 is 0 Å². The molecule has 0 unspecified atom stereocenters. The summed E-state index contributed by atoms with van der Waals surface area (Å²) in [6.07, 6.45) is 1.60. The second-order valence-corrected chi connectivity index (χ2v) is 8.45. The van der Waals surface area contributed by atoms with Crippen LogP contribution in [0.4, 0.5) is 0 Å². The third-order valence-electron chi connectivity index (χ3n) is 4.77. The lowest BCUT2D eigenvalue weighted by molar-refractivity contribution is -0.138. The van der Waals surface area contributed by atoms with Crippen molar-refractivity contribution >= 4 is 21.9 Å². The van der Waals surface area contributed by atoms with E-state index in [1.807, 2.05) is 0 Å². The Morgan fingerprint density at radius 2 is 1.79 bits per heavy atom. The minimum absolute atomic E-state index is 0.0494. The summed E-state index contributed by atoms with van der Waals surface area (Å²) in [6, 6.07) is 4.08. The molecule has 0 N–H and O–H groups in total. The van der Waals surface area contributed by atoms with Gasteiger partial charge in [0, 0.05) is 26.2 Å². The van der Waals surface area contributed by atoms with E-state index in [1.54, 1.807) is 4.90 Å². The van der Waals surface area contributed by atoms with Crippen LogP contribution in [0.25, 0.3) is 0 Å². The van der Waals surface area contributed by atoms with Crippen molar-refractivity contribution in [2.24, 2.45) is 0 Å². The Morgan fingerprint density at radius 1 is 1.11 bits per heavy atom. The molecule has 154 valence electrons. The van der Waals surface area contributed by atoms with Crippen LogP contribution in [-0.4, -0.2) is 82.6 Å². The van der Waals surface area contributed by atoms with E-state index in [0.717, 1.165) is 12.8 Å². The van der Waals surface area contributed by atoms with Gasteiger partial charge in [-0.1, -0.05) is 0 Å². The molecule has 1 aromatic carbocycles. The maximum Gasteiger partial charge on any atom is 0.338 e. The topological polar surface area (TPSA) is 102 Å². The molecule has 0 aliphatic carbocycles. The van der Waals surface area contributed by atoms with Crippen molar-refractivity contribution in [3.63, 3.8) is 0 Å². The number of morpholine rings is 1. The van der Waals surface area contributed by atoms with E-state index in [4.69, 9.17) is 14.2 Å². The summed E-state index contributed by atoms with van der Waals surface area (Å²) in [5.74, 6) is -0.912. The fraction of sp³-hybridized carbons (Fsp3) is 0.556. The Bertz CT molecular complexity index is 828. The smallest absolute Gasteiger partial charge is 0.338 e. The molecule has 2 aliphatic rings. The van der Waals surface area contributed by atoms with Crippen molar-refractivity contribution in [1.29, 1.82) is 0 Å². The van der Waals surface area contributed by atoms with Gasteiger partial charge < -0.3 is 19.1 Å².